The van der Waals surface area contributed by atoms with Crippen molar-refractivity contribution in [2.45, 2.75) is 13.5 Å². The van der Waals surface area contributed by atoms with Gasteiger partial charge in [0.1, 0.15) is 11.5 Å². The zero-order chi connectivity index (χ0) is 20.8. The Bertz CT molecular complexity index is 1100. The van der Waals surface area contributed by atoms with E-state index in [1.54, 1.807) is 30.5 Å². The van der Waals surface area contributed by atoms with Gasteiger partial charge in [0.25, 0.3) is 5.91 Å². The number of pyridine rings is 1. The van der Waals surface area contributed by atoms with Crippen LogP contribution in [0.5, 0.6) is 17.4 Å². The molecule has 4 rings (SSSR count). The van der Waals surface area contributed by atoms with E-state index in [2.05, 4.69) is 15.5 Å². The van der Waals surface area contributed by atoms with Crippen molar-refractivity contribution >= 4 is 5.91 Å². The molecule has 0 saturated carbocycles. The summed E-state index contributed by atoms with van der Waals surface area (Å²) >= 11 is 0. The number of carbonyl (C=O) groups excluding carboxylic acids is 1. The highest BCUT2D eigenvalue weighted by Gasteiger charge is 2.15. The van der Waals surface area contributed by atoms with E-state index >= 15 is 0 Å². The van der Waals surface area contributed by atoms with Crippen molar-refractivity contribution in [1.29, 1.82) is 0 Å². The van der Waals surface area contributed by atoms with E-state index in [9.17, 15) is 4.79 Å². The number of carbonyl (C=O) groups is 1. The van der Waals surface area contributed by atoms with Crippen molar-refractivity contribution in [1.82, 2.24) is 15.5 Å². The third-order valence-corrected chi connectivity index (χ3v) is 4.12. The molecule has 0 atom stereocenters. The molecule has 0 saturated heterocycles. The molecule has 1 amide bonds. The van der Waals surface area contributed by atoms with Gasteiger partial charge in [-0.05, 0) is 55.0 Å². The van der Waals surface area contributed by atoms with E-state index < -0.39 is 0 Å². The Morgan fingerprint density at radius 3 is 2.67 bits per heavy atom. The summed E-state index contributed by atoms with van der Waals surface area (Å²) in [6, 6.07) is 15.8. The number of hydrogen-bond acceptors (Lipinski definition) is 7. The van der Waals surface area contributed by atoms with Gasteiger partial charge >= 0.3 is 0 Å². The molecule has 1 aromatic carbocycles. The molecule has 0 fully saturated rings. The first kappa shape index (κ1) is 19.3. The Morgan fingerprint density at radius 2 is 1.90 bits per heavy atom. The lowest BCUT2D eigenvalue weighted by Gasteiger charge is -2.08. The fraction of sp³-hybridized carbons (Fsp3) is 0.136. The Hall–Kier alpha value is -4.07. The van der Waals surface area contributed by atoms with Crippen LogP contribution in [0.2, 0.25) is 0 Å². The van der Waals surface area contributed by atoms with E-state index in [1.165, 1.54) is 12.3 Å². The Morgan fingerprint density at radius 1 is 1.07 bits per heavy atom. The van der Waals surface area contributed by atoms with Gasteiger partial charge in [-0.15, -0.1) is 0 Å². The zero-order valence-corrected chi connectivity index (χ0v) is 16.2. The van der Waals surface area contributed by atoms with Crippen LogP contribution < -0.4 is 14.8 Å². The van der Waals surface area contributed by atoms with Crippen molar-refractivity contribution in [3.05, 3.63) is 78.3 Å². The fourth-order valence-corrected chi connectivity index (χ4v) is 2.70. The smallest absolute Gasteiger partial charge is 0.273 e. The number of benzene rings is 1. The number of rotatable bonds is 8. The predicted octanol–water partition coefficient (Wildman–Crippen LogP) is 4.45. The molecule has 30 heavy (non-hydrogen) atoms. The topological polar surface area (TPSA) is 99.6 Å². The van der Waals surface area contributed by atoms with E-state index in [0.717, 1.165) is 11.3 Å². The van der Waals surface area contributed by atoms with Crippen molar-refractivity contribution in [3.63, 3.8) is 0 Å². The van der Waals surface area contributed by atoms with Gasteiger partial charge < -0.3 is 23.7 Å². The number of nitrogens with zero attached hydrogens (tertiary/aromatic N) is 2. The van der Waals surface area contributed by atoms with Crippen LogP contribution in [-0.2, 0) is 6.54 Å². The minimum absolute atomic E-state index is 0.168. The Kier molecular flexibility index (Phi) is 5.75. The molecule has 0 radical (unpaired) electrons. The van der Waals surface area contributed by atoms with E-state index in [1.807, 2.05) is 31.2 Å². The summed E-state index contributed by atoms with van der Waals surface area (Å²) in [7, 11) is 0. The summed E-state index contributed by atoms with van der Waals surface area (Å²) in [5, 5.41) is 6.58. The monoisotopic (exact) mass is 405 g/mol. The summed E-state index contributed by atoms with van der Waals surface area (Å²) in [4.78, 5) is 16.5. The number of ether oxygens (including phenoxy) is 2. The molecule has 8 heteroatoms. The lowest BCUT2D eigenvalue weighted by atomic mass is 10.2. The first-order chi connectivity index (χ1) is 14.7. The van der Waals surface area contributed by atoms with E-state index in [-0.39, 0.29) is 18.1 Å². The molecule has 4 aromatic rings. The van der Waals surface area contributed by atoms with Gasteiger partial charge in [-0.2, -0.15) is 0 Å². The number of amides is 1. The summed E-state index contributed by atoms with van der Waals surface area (Å²) in [6.45, 7) is 2.82. The van der Waals surface area contributed by atoms with Crippen LogP contribution >= 0.6 is 0 Å². The molecule has 0 spiro atoms. The maximum absolute atomic E-state index is 12.3. The highest BCUT2D eigenvalue weighted by molar-refractivity contribution is 5.92. The van der Waals surface area contributed by atoms with Crippen LogP contribution in [-0.4, -0.2) is 22.7 Å². The normalized spacial score (nSPS) is 10.6. The Balaban J connectivity index is 1.35. The van der Waals surface area contributed by atoms with Crippen LogP contribution in [0.25, 0.3) is 11.5 Å². The number of nitrogens with one attached hydrogen (secondary N) is 1. The van der Waals surface area contributed by atoms with Gasteiger partial charge in [-0.3, -0.25) is 4.79 Å². The van der Waals surface area contributed by atoms with Gasteiger partial charge in [-0.1, -0.05) is 5.16 Å². The third-order valence-electron chi connectivity index (χ3n) is 4.12. The largest absolute Gasteiger partial charge is 0.494 e. The SMILES string of the molecule is CCOc1ccc(Oc2cc(CNC(=O)c3cc(-c4ccco4)on3)ccn2)cc1. The average Bonchev–Trinajstić information content (AvgIpc) is 3.46. The van der Waals surface area contributed by atoms with E-state index in [4.69, 9.17) is 18.4 Å². The lowest BCUT2D eigenvalue weighted by molar-refractivity contribution is 0.0942. The first-order valence-electron chi connectivity index (χ1n) is 9.35. The molecule has 3 heterocycles. The highest BCUT2D eigenvalue weighted by atomic mass is 16.5. The van der Waals surface area contributed by atoms with Gasteiger partial charge in [0.15, 0.2) is 11.5 Å². The number of aromatic nitrogens is 2. The van der Waals surface area contributed by atoms with Gasteiger partial charge in [0, 0.05) is 24.9 Å². The molecule has 0 aliphatic heterocycles. The standard InChI is InChI=1S/C22H19N3O5/c1-2-27-16-5-7-17(8-6-16)29-21-12-15(9-10-23-21)14-24-22(26)18-13-20(30-25-18)19-4-3-11-28-19/h3-13H,2,14H2,1H3,(H,24,26). The van der Waals surface area contributed by atoms with Crippen LogP contribution in [0.1, 0.15) is 23.0 Å². The second kappa shape index (κ2) is 8.95. The van der Waals surface area contributed by atoms with Gasteiger partial charge in [-0.25, -0.2) is 4.98 Å². The number of furan rings is 1. The number of hydrogen-bond donors (Lipinski definition) is 1. The molecule has 8 nitrogen and oxygen atoms in total. The molecule has 152 valence electrons. The Labute approximate surface area is 172 Å². The summed E-state index contributed by atoms with van der Waals surface area (Å²) < 4.78 is 21.6. The fourth-order valence-electron chi connectivity index (χ4n) is 2.70. The summed E-state index contributed by atoms with van der Waals surface area (Å²) in [6.07, 6.45) is 3.14. The van der Waals surface area contributed by atoms with Crippen molar-refractivity contribution in [2.24, 2.45) is 0 Å². The second-order valence-electron chi connectivity index (χ2n) is 6.25. The van der Waals surface area contributed by atoms with Crippen LogP contribution in [0, 0.1) is 0 Å². The quantitative estimate of drug-likeness (QED) is 0.462. The van der Waals surface area contributed by atoms with Crippen molar-refractivity contribution < 1.29 is 23.2 Å². The predicted molar refractivity (Wildman–Crippen MR) is 107 cm³/mol. The zero-order valence-electron chi connectivity index (χ0n) is 16.2. The van der Waals surface area contributed by atoms with Crippen LogP contribution in [0.4, 0.5) is 0 Å². The molecular weight excluding hydrogens is 386 g/mol. The van der Waals surface area contributed by atoms with Crippen LogP contribution in [0.3, 0.4) is 0 Å². The van der Waals surface area contributed by atoms with Crippen molar-refractivity contribution in [2.75, 3.05) is 6.61 Å². The molecule has 0 bridgehead atoms. The highest BCUT2D eigenvalue weighted by Crippen LogP contribution is 2.23. The second-order valence-corrected chi connectivity index (χ2v) is 6.25. The minimum Gasteiger partial charge on any atom is -0.494 e. The maximum Gasteiger partial charge on any atom is 0.273 e. The van der Waals surface area contributed by atoms with Gasteiger partial charge in [0.05, 0.1) is 12.9 Å². The molecular formula is C22H19N3O5. The summed E-state index contributed by atoms with van der Waals surface area (Å²) in [5.74, 6) is 2.37. The van der Waals surface area contributed by atoms with E-state index in [0.29, 0.717) is 29.8 Å². The summed E-state index contributed by atoms with van der Waals surface area (Å²) in [5.41, 5.74) is 0.996. The molecule has 3 aromatic heterocycles. The van der Waals surface area contributed by atoms with Gasteiger partial charge in [0.2, 0.25) is 11.6 Å². The third kappa shape index (κ3) is 4.67. The lowest BCUT2D eigenvalue weighted by Crippen LogP contribution is -2.23. The molecule has 1 N–H and O–H groups in total. The maximum atomic E-state index is 12.3. The molecule has 0 aliphatic carbocycles. The minimum atomic E-state index is -0.359. The molecule has 0 unspecified atom stereocenters. The molecule has 0 aliphatic rings. The average molecular weight is 405 g/mol. The van der Waals surface area contributed by atoms with Crippen LogP contribution in [0.15, 0.2) is 76.0 Å². The first-order valence-corrected chi connectivity index (χ1v) is 9.35. The van der Waals surface area contributed by atoms with Crippen molar-refractivity contribution in [3.8, 4) is 28.9 Å².